The Bertz CT molecular complexity index is 1330. The van der Waals surface area contributed by atoms with Crippen molar-refractivity contribution >= 4 is 39.5 Å². The second-order valence-electron chi connectivity index (χ2n) is 9.66. The van der Waals surface area contributed by atoms with E-state index in [9.17, 15) is 4.79 Å². The Hall–Kier alpha value is -3.20. The van der Waals surface area contributed by atoms with Crippen LogP contribution >= 0.6 is 11.3 Å². The Labute approximate surface area is 215 Å². The molecule has 2 aliphatic heterocycles. The van der Waals surface area contributed by atoms with Crippen molar-refractivity contribution < 1.29 is 9.53 Å². The molecule has 0 spiro atoms. The van der Waals surface area contributed by atoms with Crippen LogP contribution in [0.4, 0.5) is 11.4 Å². The largest absolute Gasteiger partial charge is 0.378 e. The molecule has 1 unspecified atom stereocenters. The van der Waals surface area contributed by atoms with E-state index in [0.717, 1.165) is 79.1 Å². The first-order valence-corrected chi connectivity index (χ1v) is 13.6. The highest BCUT2D eigenvalue weighted by Gasteiger charge is 2.34. The van der Waals surface area contributed by atoms with E-state index in [-0.39, 0.29) is 11.9 Å². The molecular formula is C28H31N5O2S. The summed E-state index contributed by atoms with van der Waals surface area (Å²) in [6, 6.07) is 16.7. The summed E-state index contributed by atoms with van der Waals surface area (Å²) < 4.78 is 5.47. The molecule has 2 aromatic heterocycles. The van der Waals surface area contributed by atoms with E-state index in [0.29, 0.717) is 6.04 Å². The van der Waals surface area contributed by atoms with Crippen molar-refractivity contribution in [1.82, 2.24) is 15.1 Å². The summed E-state index contributed by atoms with van der Waals surface area (Å²) in [4.78, 5) is 18.2. The van der Waals surface area contributed by atoms with E-state index in [4.69, 9.17) is 4.74 Å². The fourth-order valence-corrected chi connectivity index (χ4v) is 6.12. The quantitative estimate of drug-likeness (QED) is 0.376. The summed E-state index contributed by atoms with van der Waals surface area (Å²) in [5.74, 6) is 0.0152. The van der Waals surface area contributed by atoms with E-state index in [2.05, 4.69) is 67.9 Å². The van der Waals surface area contributed by atoms with Gasteiger partial charge in [0.05, 0.1) is 24.4 Å². The molecular weight excluding hydrogens is 470 g/mol. The number of hydrogen-bond donors (Lipinski definition) is 2. The lowest BCUT2D eigenvalue weighted by Crippen LogP contribution is -2.39. The van der Waals surface area contributed by atoms with Gasteiger partial charge in [0.25, 0.3) is 0 Å². The Morgan fingerprint density at radius 1 is 1.14 bits per heavy atom. The third kappa shape index (κ3) is 4.52. The standard InChI is InChI=1S/C28H31N5O2S/c1-19-3-2-11-33(19)27(21-10-16-36-18-21)28(34)29-22-6-9-25-24(17-22)26(31-30-25)20-4-7-23(8-5-20)32-12-14-35-15-13-32/h4-10,16-19,27H,2-3,11-15H2,1H3,(H,29,34)(H,30,31)/t19-,27?/m0/s1. The highest BCUT2D eigenvalue weighted by Crippen LogP contribution is 2.33. The number of benzene rings is 2. The number of likely N-dealkylation sites (tertiary alicyclic amines) is 1. The third-order valence-electron chi connectivity index (χ3n) is 7.39. The van der Waals surface area contributed by atoms with Crippen LogP contribution < -0.4 is 10.2 Å². The molecule has 0 radical (unpaired) electrons. The monoisotopic (exact) mass is 501 g/mol. The van der Waals surface area contributed by atoms with Gasteiger partial charge in [-0.05, 0) is 79.0 Å². The average molecular weight is 502 g/mol. The lowest BCUT2D eigenvalue weighted by molar-refractivity contribution is -0.121. The van der Waals surface area contributed by atoms with Crippen LogP contribution in [-0.4, -0.2) is 59.9 Å². The normalized spacial score (nSPS) is 19.6. The van der Waals surface area contributed by atoms with E-state index >= 15 is 0 Å². The van der Waals surface area contributed by atoms with E-state index in [1.165, 1.54) is 5.69 Å². The number of H-pyrrole nitrogens is 1. The molecule has 1 amide bonds. The van der Waals surface area contributed by atoms with Crippen LogP contribution in [0.15, 0.2) is 59.3 Å². The van der Waals surface area contributed by atoms with Gasteiger partial charge in [0.2, 0.25) is 5.91 Å². The number of rotatable bonds is 6. The molecule has 2 N–H and O–H groups in total. The van der Waals surface area contributed by atoms with Crippen molar-refractivity contribution in [3.63, 3.8) is 0 Å². The number of ether oxygens (including phenoxy) is 1. The van der Waals surface area contributed by atoms with Gasteiger partial charge in [-0.15, -0.1) is 0 Å². The molecule has 2 saturated heterocycles. The van der Waals surface area contributed by atoms with E-state index in [1.807, 2.05) is 23.6 Å². The third-order valence-corrected chi connectivity index (χ3v) is 8.09. The van der Waals surface area contributed by atoms with Gasteiger partial charge in [-0.25, -0.2) is 0 Å². The Kier molecular flexibility index (Phi) is 6.48. The van der Waals surface area contributed by atoms with Crippen molar-refractivity contribution in [3.8, 4) is 11.3 Å². The van der Waals surface area contributed by atoms with Crippen molar-refractivity contribution in [2.75, 3.05) is 43.1 Å². The number of morpholine rings is 1. The van der Waals surface area contributed by atoms with Gasteiger partial charge < -0.3 is 15.0 Å². The molecule has 8 heteroatoms. The number of aromatic amines is 1. The molecule has 2 aliphatic rings. The smallest absolute Gasteiger partial charge is 0.246 e. The molecule has 4 heterocycles. The Balaban J connectivity index is 1.25. The Morgan fingerprint density at radius 3 is 2.69 bits per heavy atom. The van der Waals surface area contributed by atoms with Crippen LogP contribution in [0.3, 0.4) is 0 Å². The average Bonchev–Trinajstić information content (AvgIpc) is 3.67. The molecule has 4 aromatic rings. The zero-order valence-electron chi connectivity index (χ0n) is 20.4. The molecule has 6 rings (SSSR count). The molecule has 36 heavy (non-hydrogen) atoms. The zero-order chi connectivity index (χ0) is 24.5. The molecule has 0 aliphatic carbocycles. The molecule has 2 aromatic carbocycles. The maximum absolute atomic E-state index is 13.6. The predicted molar refractivity (Wildman–Crippen MR) is 146 cm³/mol. The number of nitrogens with zero attached hydrogens (tertiary/aromatic N) is 3. The van der Waals surface area contributed by atoms with Crippen LogP contribution in [0.2, 0.25) is 0 Å². The number of anilines is 2. The summed E-state index contributed by atoms with van der Waals surface area (Å²) in [5, 5.41) is 16.1. The number of carbonyl (C=O) groups is 1. The summed E-state index contributed by atoms with van der Waals surface area (Å²) in [5.41, 5.74) is 5.93. The lowest BCUT2D eigenvalue weighted by Gasteiger charge is -2.30. The zero-order valence-corrected chi connectivity index (χ0v) is 21.3. The highest BCUT2D eigenvalue weighted by atomic mass is 32.1. The fraction of sp³-hybridized carbons (Fsp3) is 0.357. The van der Waals surface area contributed by atoms with Gasteiger partial charge in [0.15, 0.2) is 0 Å². The van der Waals surface area contributed by atoms with E-state index < -0.39 is 0 Å². The van der Waals surface area contributed by atoms with Crippen molar-refractivity contribution in [2.45, 2.75) is 31.8 Å². The Morgan fingerprint density at radius 2 is 1.97 bits per heavy atom. The summed E-state index contributed by atoms with van der Waals surface area (Å²) in [6.45, 7) is 6.52. The van der Waals surface area contributed by atoms with Gasteiger partial charge >= 0.3 is 0 Å². The molecule has 0 saturated carbocycles. The van der Waals surface area contributed by atoms with Crippen molar-refractivity contribution in [3.05, 3.63) is 64.9 Å². The molecule has 0 bridgehead atoms. The van der Waals surface area contributed by atoms with Gasteiger partial charge in [-0.1, -0.05) is 12.1 Å². The maximum atomic E-state index is 13.6. The van der Waals surface area contributed by atoms with Gasteiger partial charge in [0.1, 0.15) is 6.04 Å². The van der Waals surface area contributed by atoms with Gasteiger partial charge in [0, 0.05) is 41.5 Å². The van der Waals surface area contributed by atoms with Crippen molar-refractivity contribution in [2.24, 2.45) is 0 Å². The maximum Gasteiger partial charge on any atom is 0.246 e. The fourth-order valence-electron chi connectivity index (χ4n) is 5.44. The first-order chi connectivity index (χ1) is 17.7. The van der Waals surface area contributed by atoms with Crippen LogP contribution in [0.1, 0.15) is 31.4 Å². The number of nitrogens with one attached hydrogen (secondary N) is 2. The van der Waals surface area contributed by atoms with Crippen molar-refractivity contribution in [1.29, 1.82) is 0 Å². The lowest BCUT2D eigenvalue weighted by atomic mass is 10.1. The summed E-state index contributed by atoms with van der Waals surface area (Å²) >= 11 is 1.64. The predicted octanol–water partition coefficient (Wildman–Crippen LogP) is 5.29. The highest BCUT2D eigenvalue weighted by molar-refractivity contribution is 7.08. The number of amides is 1. The minimum Gasteiger partial charge on any atom is -0.378 e. The number of aromatic nitrogens is 2. The SMILES string of the molecule is C[C@H]1CCCN1C(C(=O)Nc1ccc2[nH]nc(-c3ccc(N4CCOCC4)cc3)c2c1)c1ccsc1. The number of fused-ring (bicyclic) bond motifs is 1. The summed E-state index contributed by atoms with van der Waals surface area (Å²) in [6.07, 6.45) is 2.26. The van der Waals surface area contributed by atoms with Crippen LogP contribution in [0.25, 0.3) is 22.2 Å². The molecule has 2 fully saturated rings. The molecule has 2 atom stereocenters. The second-order valence-corrected chi connectivity index (χ2v) is 10.4. The van der Waals surface area contributed by atoms with Gasteiger partial charge in [-0.3, -0.25) is 14.8 Å². The van der Waals surface area contributed by atoms with Crippen LogP contribution in [0, 0.1) is 0 Å². The number of thiophene rings is 1. The van der Waals surface area contributed by atoms with Gasteiger partial charge in [-0.2, -0.15) is 16.4 Å². The second kappa shape index (κ2) is 10.0. The topological polar surface area (TPSA) is 73.5 Å². The first kappa shape index (κ1) is 23.2. The summed E-state index contributed by atoms with van der Waals surface area (Å²) in [7, 11) is 0. The van der Waals surface area contributed by atoms with Crippen LogP contribution in [0.5, 0.6) is 0 Å². The minimum atomic E-state index is -0.277. The molecule has 7 nitrogen and oxygen atoms in total. The first-order valence-electron chi connectivity index (χ1n) is 12.7. The molecule has 186 valence electrons. The number of hydrogen-bond acceptors (Lipinski definition) is 6. The minimum absolute atomic E-state index is 0.0152. The van der Waals surface area contributed by atoms with Crippen LogP contribution in [-0.2, 0) is 9.53 Å². The van der Waals surface area contributed by atoms with E-state index in [1.54, 1.807) is 11.3 Å². The number of carbonyl (C=O) groups excluding carboxylic acids is 1.